The van der Waals surface area contributed by atoms with Crippen molar-refractivity contribution in [3.63, 3.8) is 0 Å². The molecule has 0 amide bonds. The molecule has 0 heterocycles. The molecule has 0 fully saturated rings. The Labute approximate surface area is 98.0 Å². The van der Waals surface area contributed by atoms with Gasteiger partial charge in [0.1, 0.15) is 10.7 Å². The summed E-state index contributed by atoms with van der Waals surface area (Å²) in [6, 6.07) is 0.377. The van der Waals surface area contributed by atoms with Gasteiger partial charge in [-0.2, -0.15) is 0 Å². The second-order valence-corrected chi connectivity index (χ2v) is 5.92. The second kappa shape index (κ2) is 4.58. The average Bonchev–Trinajstić information content (AvgIpc) is 2.10. The minimum atomic E-state index is -4.07. The van der Waals surface area contributed by atoms with E-state index >= 15 is 0 Å². The van der Waals surface area contributed by atoms with Crippen LogP contribution in [-0.2, 0) is 16.3 Å². The van der Waals surface area contributed by atoms with E-state index in [0.717, 1.165) is 6.07 Å². The molecule has 0 aromatic heterocycles. The van der Waals surface area contributed by atoms with Gasteiger partial charge in [-0.3, -0.25) is 0 Å². The van der Waals surface area contributed by atoms with Crippen molar-refractivity contribution in [2.24, 2.45) is 5.73 Å². The number of sulfone groups is 1. The Kier molecular flexibility index (Phi) is 3.73. The van der Waals surface area contributed by atoms with E-state index in [1.807, 2.05) is 0 Å². The topological polar surface area (TPSA) is 80.4 Å². The highest BCUT2D eigenvalue weighted by atomic mass is 32.2. The molecule has 17 heavy (non-hydrogen) atoms. The van der Waals surface area contributed by atoms with E-state index < -0.39 is 38.2 Å². The zero-order valence-corrected chi connectivity index (χ0v) is 10.2. The number of phenols is 1. The fourth-order valence-electron chi connectivity index (χ4n) is 1.48. The van der Waals surface area contributed by atoms with E-state index in [2.05, 4.69) is 0 Å². The second-order valence-electron chi connectivity index (χ2n) is 3.96. The van der Waals surface area contributed by atoms with Gasteiger partial charge in [0.25, 0.3) is 0 Å². The fraction of sp³-hybridized carbons (Fsp3) is 0.400. The van der Waals surface area contributed by atoms with Crippen molar-refractivity contribution >= 4 is 9.84 Å². The predicted octanol–water partition coefficient (Wildman–Crippen LogP) is 0.964. The number of benzene rings is 1. The molecule has 7 heteroatoms. The molecule has 0 aliphatic heterocycles. The zero-order chi connectivity index (χ0) is 13.4. The van der Waals surface area contributed by atoms with E-state index in [1.165, 1.54) is 0 Å². The molecule has 0 saturated carbocycles. The lowest BCUT2D eigenvalue weighted by atomic mass is 10.1. The minimum Gasteiger partial charge on any atom is -0.505 e. The van der Waals surface area contributed by atoms with Gasteiger partial charge in [-0.25, -0.2) is 17.2 Å². The van der Waals surface area contributed by atoms with E-state index in [1.54, 1.807) is 6.92 Å². The van der Waals surface area contributed by atoms with Crippen LogP contribution in [0.5, 0.6) is 5.75 Å². The van der Waals surface area contributed by atoms with Gasteiger partial charge in [-0.1, -0.05) is 0 Å². The minimum absolute atomic E-state index is 0.0454. The lowest BCUT2D eigenvalue weighted by Crippen LogP contribution is -2.18. The highest BCUT2D eigenvalue weighted by Crippen LogP contribution is 2.30. The first kappa shape index (κ1) is 13.9. The average molecular weight is 265 g/mol. The van der Waals surface area contributed by atoms with Crippen LogP contribution in [0.25, 0.3) is 0 Å². The van der Waals surface area contributed by atoms with Gasteiger partial charge in [0.2, 0.25) is 0 Å². The van der Waals surface area contributed by atoms with Gasteiger partial charge in [0.05, 0.1) is 0 Å². The van der Waals surface area contributed by atoms with E-state index in [9.17, 15) is 22.3 Å². The Morgan fingerprint density at radius 2 is 2.00 bits per heavy atom. The van der Waals surface area contributed by atoms with E-state index in [0.29, 0.717) is 6.26 Å². The number of aromatic hydroxyl groups is 1. The molecule has 0 aliphatic carbocycles. The SMILES string of the molecule is CC(N)Cc1cc(F)c(S(C)(=O)=O)c(F)c1O. The number of rotatable bonds is 3. The number of phenolic OH excluding ortho intramolecular Hbond substituents is 1. The van der Waals surface area contributed by atoms with Crippen molar-refractivity contribution in [3.8, 4) is 5.75 Å². The first-order valence-corrected chi connectivity index (χ1v) is 6.69. The maximum atomic E-state index is 13.6. The van der Waals surface area contributed by atoms with Crippen molar-refractivity contribution in [1.82, 2.24) is 0 Å². The molecule has 4 nitrogen and oxygen atoms in total. The fourth-order valence-corrected chi connectivity index (χ4v) is 2.32. The molecule has 96 valence electrons. The van der Waals surface area contributed by atoms with Crippen molar-refractivity contribution in [1.29, 1.82) is 0 Å². The molecular weight excluding hydrogens is 252 g/mol. The van der Waals surface area contributed by atoms with Crippen molar-refractivity contribution in [2.75, 3.05) is 6.26 Å². The van der Waals surface area contributed by atoms with Crippen LogP contribution in [0.15, 0.2) is 11.0 Å². The summed E-state index contributed by atoms with van der Waals surface area (Å²) in [5.41, 5.74) is 5.39. The van der Waals surface area contributed by atoms with Crippen molar-refractivity contribution in [3.05, 3.63) is 23.3 Å². The molecule has 1 aromatic rings. The Hall–Kier alpha value is -1.21. The van der Waals surface area contributed by atoms with Crippen molar-refractivity contribution < 1.29 is 22.3 Å². The summed E-state index contributed by atoms with van der Waals surface area (Å²) in [4.78, 5) is -1.12. The summed E-state index contributed by atoms with van der Waals surface area (Å²) in [5.74, 6) is -3.56. The third kappa shape index (κ3) is 2.92. The molecular formula is C10H13F2NO3S. The normalized spacial score (nSPS) is 13.7. The molecule has 0 spiro atoms. The molecule has 0 aliphatic rings. The number of halogens is 2. The van der Waals surface area contributed by atoms with Gasteiger partial charge in [0, 0.05) is 17.9 Å². The standard InChI is InChI=1S/C10H13F2NO3S/c1-5(13)3-6-4-7(11)10(17(2,15)16)8(12)9(6)14/h4-5,14H,3,13H2,1-2H3. The Balaban J connectivity index is 3.48. The number of nitrogens with two attached hydrogens (primary N) is 1. The molecule has 0 radical (unpaired) electrons. The smallest absolute Gasteiger partial charge is 0.186 e. The largest absolute Gasteiger partial charge is 0.505 e. The Morgan fingerprint density at radius 3 is 2.41 bits per heavy atom. The molecule has 1 aromatic carbocycles. The van der Waals surface area contributed by atoms with Crippen LogP contribution >= 0.6 is 0 Å². The van der Waals surface area contributed by atoms with E-state index in [4.69, 9.17) is 5.73 Å². The van der Waals surface area contributed by atoms with E-state index in [-0.39, 0.29) is 12.0 Å². The third-order valence-electron chi connectivity index (χ3n) is 2.14. The molecule has 1 unspecified atom stereocenters. The summed E-state index contributed by atoms with van der Waals surface area (Å²) in [7, 11) is -4.07. The van der Waals surface area contributed by atoms with Crippen LogP contribution in [0.3, 0.4) is 0 Å². The molecule has 1 atom stereocenters. The number of hydrogen-bond acceptors (Lipinski definition) is 4. The highest BCUT2D eigenvalue weighted by Gasteiger charge is 2.25. The van der Waals surface area contributed by atoms with Crippen LogP contribution < -0.4 is 5.73 Å². The Morgan fingerprint density at radius 1 is 1.47 bits per heavy atom. The number of hydrogen-bond donors (Lipinski definition) is 2. The summed E-state index contributed by atoms with van der Waals surface area (Å²) >= 11 is 0. The summed E-state index contributed by atoms with van der Waals surface area (Å²) in [6.45, 7) is 1.60. The lowest BCUT2D eigenvalue weighted by molar-refractivity contribution is 0.404. The predicted molar refractivity (Wildman–Crippen MR) is 58.5 cm³/mol. The summed E-state index contributed by atoms with van der Waals surface area (Å²) in [6.07, 6.45) is 0.711. The van der Waals surface area contributed by atoms with Crippen molar-refractivity contribution in [2.45, 2.75) is 24.3 Å². The van der Waals surface area contributed by atoms with Gasteiger partial charge >= 0.3 is 0 Å². The zero-order valence-electron chi connectivity index (χ0n) is 9.37. The third-order valence-corrected chi connectivity index (χ3v) is 3.26. The van der Waals surface area contributed by atoms with Crippen LogP contribution in [0.2, 0.25) is 0 Å². The van der Waals surface area contributed by atoms with Gasteiger partial charge in [-0.15, -0.1) is 0 Å². The lowest BCUT2D eigenvalue weighted by Gasteiger charge is -2.11. The van der Waals surface area contributed by atoms with Crippen LogP contribution in [0.1, 0.15) is 12.5 Å². The Bertz CT molecular complexity index is 541. The summed E-state index contributed by atoms with van der Waals surface area (Å²) < 4.78 is 49.3. The molecule has 3 N–H and O–H groups in total. The quantitative estimate of drug-likeness (QED) is 0.853. The maximum absolute atomic E-state index is 13.6. The van der Waals surface area contributed by atoms with Crippen LogP contribution in [0.4, 0.5) is 8.78 Å². The van der Waals surface area contributed by atoms with Gasteiger partial charge in [-0.05, 0) is 19.4 Å². The monoisotopic (exact) mass is 265 g/mol. The van der Waals surface area contributed by atoms with Gasteiger partial charge < -0.3 is 10.8 Å². The molecule has 0 saturated heterocycles. The van der Waals surface area contributed by atoms with Crippen LogP contribution in [-0.4, -0.2) is 25.8 Å². The maximum Gasteiger partial charge on any atom is 0.186 e. The first-order chi connectivity index (χ1) is 7.64. The first-order valence-electron chi connectivity index (χ1n) is 4.80. The van der Waals surface area contributed by atoms with Crippen LogP contribution in [0, 0.1) is 11.6 Å². The molecule has 0 bridgehead atoms. The molecule has 1 rings (SSSR count). The highest BCUT2D eigenvalue weighted by molar-refractivity contribution is 7.90. The summed E-state index contributed by atoms with van der Waals surface area (Å²) in [5, 5.41) is 9.45. The van der Waals surface area contributed by atoms with Gasteiger partial charge in [0.15, 0.2) is 21.4 Å².